The van der Waals surface area contributed by atoms with Crippen molar-refractivity contribution in [3.63, 3.8) is 0 Å². The fraction of sp³-hybridized carbons (Fsp3) is 0.300. The van der Waals surface area contributed by atoms with Gasteiger partial charge in [-0.25, -0.2) is 0 Å². The van der Waals surface area contributed by atoms with Gasteiger partial charge in [0.05, 0.1) is 18.4 Å². The van der Waals surface area contributed by atoms with Crippen molar-refractivity contribution in [2.45, 2.75) is 31.6 Å². The minimum Gasteiger partial charge on any atom is -0.481 e. The molecule has 0 aliphatic rings. The molecular weight excluding hydrogens is 304 g/mol. The van der Waals surface area contributed by atoms with E-state index in [4.69, 9.17) is 4.74 Å². The van der Waals surface area contributed by atoms with Crippen LogP contribution < -0.4 is 0 Å². The first kappa shape index (κ1) is 17.7. The van der Waals surface area contributed by atoms with Crippen molar-refractivity contribution in [3.05, 3.63) is 71.8 Å². The highest BCUT2D eigenvalue weighted by atomic mass is 16.5. The summed E-state index contributed by atoms with van der Waals surface area (Å²) >= 11 is 0. The van der Waals surface area contributed by atoms with Crippen LogP contribution in [0.4, 0.5) is 0 Å². The number of hydrogen-bond acceptors (Lipinski definition) is 3. The topological polar surface area (TPSA) is 63.6 Å². The van der Waals surface area contributed by atoms with Crippen LogP contribution in [0.5, 0.6) is 0 Å². The summed E-state index contributed by atoms with van der Waals surface area (Å²) in [5, 5.41) is 9.54. The van der Waals surface area contributed by atoms with Gasteiger partial charge in [0.1, 0.15) is 0 Å². The number of carboxylic acid groups (broad SMARTS) is 1. The monoisotopic (exact) mass is 326 g/mol. The molecule has 2 aromatic rings. The van der Waals surface area contributed by atoms with Crippen LogP contribution in [-0.4, -0.2) is 23.7 Å². The number of ether oxygens (including phenoxy) is 1. The van der Waals surface area contributed by atoms with E-state index in [1.807, 2.05) is 48.5 Å². The highest BCUT2D eigenvalue weighted by Crippen LogP contribution is 2.29. The van der Waals surface area contributed by atoms with E-state index < -0.39 is 17.8 Å². The lowest BCUT2D eigenvalue weighted by Crippen LogP contribution is -2.19. The zero-order valence-corrected chi connectivity index (χ0v) is 13.7. The third kappa shape index (κ3) is 4.69. The second-order valence-electron chi connectivity index (χ2n) is 5.59. The Morgan fingerprint density at radius 3 is 1.79 bits per heavy atom. The molecule has 0 saturated carbocycles. The number of aliphatic carboxylic acids is 1. The zero-order chi connectivity index (χ0) is 17.4. The SMILES string of the molecule is CCOC(=O)[C@@H](CC[C@H](C(=O)O)c1ccccc1)c1ccccc1. The third-order valence-electron chi connectivity index (χ3n) is 4.02. The highest BCUT2D eigenvalue weighted by molar-refractivity contribution is 5.79. The van der Waals surface area contributed by atoms with Gasteiger partial charge in [0, 0.05) is 0 Å². The molecule has 0 spiro atoms. The van der Waals surface area contributed by atoms with Gasteiger partial charge >= 0.3 is 11.9 Å². The molecule has 0 aliphatic heterocycles. The van der Waals surface area contributed by atoms with Crippen molar-refractivity contribution in [1.29, 1.82) is 0 Å². The number of carbonyl (C=O) groups excluding carboxylic acids is 1. The summed E-state index contributed by atoms with van der Waals surface area (Å²) in [5.41, 5.74) is 1.61. The Hall–Kier alpha value is -2.62. The van der Waals surface area contributed by atoms with Crippen LogP contribution in [0.2, 0.25) is 0 Å². The quantitative estimate of drug-likeness (QED) is 0.745. The Balaban J connectivity index is 2.16. The molecule has 0 amide bonds. The number of esters is 1. The summed E-state index contributed by atoms with van der Waals surface area (Å²) in [6.45, 7) is 2.08. The number of hydrogen-bond donors (Lipinski definition) is 1. The molecule has 0 aliphatic carbocycles. The molecule has 2 rings (SSSR count). The summed E-state index contributed by atoms with van der Waals surface area (Å²) in [4.78, 5) is 23.9. The molecule has 0 heterocycles. The van der Waals surface area contributed by atoms with Crippen molar-refractivity contribution < 1.29 is 19.4 Å². The van der Waals surface area contributed by atoms with E-state index in [-0.39, 0.29) is 5.97 Å². The molecule has 0 aromatic heterocycles. The molecule has 0 saturated heterocycles. The van der Waals surface area contributed by atoms with Gasteiger partial charge in [0.25, 0.3) is 0 Å². The number of carboxylic acids is 1. The Kier molecular flexibility index (Phi) is 6.55. The van der Waals surface area contributed by atoms with E-state index >= 15 is 0 Å². The van der Waals surface area contributed by atoms with Crippen LogP contribution in [0, 0.1) is 0 Å². The average molecular weight is 326 g/mol. The van der Waals surface area contributed by atoms with E-state index in [1.165, 1.54) is 0 Å². The molecule has 0 fully saturated rings. The average Bonchev–Trinajstić information content (AvgIpc) is 2.60. The first-order chi connectivity index (χ1) is 11.6. The van der Waals surface area contributed by atoms with Gasteiger partial charge in [0.2, 0.25) is 0 Å². The van der Waals surface area contributed by atoms with Crippen LogP contribution in [0.3, 0.4) is 0 Å². The van der Waals surface area contributed by atoms with Gasteiger partial charge in [-0.15, -0.1) is 0 Å². The number of carbonyl (C=O) groups is 2. The largest absolute Gasteiger partial charge is 0.481 e. The smallest absolute Gasteiger partial charge is 0.313 e. The maximum atomic E-state index is 12.3. The van der Waals surface area contributed by atoms with Crippen molar-refractivity contribution in [3.8, 4) is 0 Å². The molecule has 0 bridgehead atoms. The van der Waals surface area contributed by atoms with Gasteiger partial charge in [-0.1, -0.05) is 60.7 Å². The van der Waals surface area contributed by atoms with Crippen LogP contribution in [0.15, 0.2) is 60.7 Å². The van der Waals surface area contributed by atoms with Crippen LogP contribution in [-0.2, 0) is 14.3 Å². The van der Waals surface area contributed by atoms with E-state index in [1.54, 1.807) is 19.1 Å². The molecule has 4 nitrogen and oxygen atoms in total. The lowest BCUT2D eigenvalue weighted by Gasteiger charge is -2.19. The van der Waals surface area contributed by atoms with Crippen molar-refractivity contribution >= 4 is 11.9 Å². The minimum atomic E-state index is -0.878. The lowest BCUT2D eigenvalue weighted by atomic mass is 9.87. The molecule has 24 heavy (non-hydrogen) atoms. The normalized spacial score (nSPS) is 13.0. The van der Waals surface area contributed by atoms with Gasteiger partial charge in [-0.05, 0) is 30.9 Å². The molecule has 2 atom stereocenters. The summed E-state index contributed by atoms with van der Waals surface area (Å²) in [6, 6.07) is 18.5. The van der Waals surface area contributed by atoms with Gasteiger partial charge in [-0.2, -0.15) is 0 Å². The van der Waals surface area contributed by atoms with E-state index in [2.05, 4.69) is 0 Å². The van der Waals surface area contributed by atoms with Crippen LogP contribution >= 0.6 is 0 Å². The molecule has 4 heteroatoms. The van der Waals surface area contributed by atoms with Gasteiger partial charge < -0.3 is 9.84 Å². The fourth-order valence-electron chi connectivity index (χ4n) is 2.80. The Bertz CT molecular complexity index is 652. The van der Waals surface area contributed by atoms with Gasteiger partial charge in [-0.3, -0.25) is 9.59 Å². The first-order valence-corrected chi connectivity index (χ1v) is 8.12. The predicted octanol–water partition coefficient (Wildman–Crippen LogP) is 3.98. The lowest BCUT2D eigenvalue weighted by molar-refractivity contribution is -0.146. The van der Waals surface area contributed by atoms with Crippen molar-refractivity contribution in [2.75, 3.05) is 6.61 Å². The maximum Gasteiger partial charge on any atom is 0.313 e. The summed E-state index contributed by atoms with van der Waals surface area (Å²) in [5.74, 6) is -2.26. The number of benzene rings is 2. The Morgan fingerprint density at radius 2 is 1.33 bits per heavy atom. The Morgan fingerprint density at radius 1 is 0.875 bits per heavy atom. The minimum absolute atomic E-state index is 0.305. The van der Waals surface area contributed by atoms with Crippen molar-refractivity contribution in [2.24, 2.45) is 0 Å². The van der Waals surface area contributed by atoms with Crippen LogP contribution in [0.25, 0.3) is 0 Å². The molecule has 0 unspecified atom stereocenters. The summed E-state index contributed by atoms with van der Waals surface area (Å²) < 4.78 is 5.17. The van der Waals surface area contributed by atoms with Crippen LogP contribution in [0.1, 0.15) is 42.7 Å². The van der Waals surface area contributed by atoms with E-state index in [9.17, 15) is 14.7 Å². The molecule has 126 valence electrons. The summed E-state index contributed by atoms with van der Waals surface area (Å²) in [6.07, 6.45) is 0.798. The maximum absolute atomic E-state index is 12.3. The molecule has 2 aromatic carbocycles. The summed E-state index contributed by atoms with van der Waals surface area (Å²) in [7, 11) is 0. The highest BCUT2D eigenvalue weighted by Gasteiger charge is 2.26. The third-order valence-corrected chi connectivity index (χ3v) is 4.02. The zero-order valence-electron chi connectivity index (χ0n) is 13.7. The predicted molar refractivity (Wildman–Crippen MR) is 91.9 cm³/mol. The molecule has 0 radical (unpaired) electrons. The van der Waals surface area contributed by atoms with E-state index in [0.29, 0.717) is 19.4 Å². The molecular formula is C20H22O4. The number of rotatable bonds is 8. The van der Waals surface area contributed by atoms with Gasteiger partial charge in [0.15, 0.2) is 0 Å². The standard InChI is InChI=1S/C20H22O4/c1-2-24-20(23)18(16-11-7-4-8-12-16)14-13-17(19(21)22)15-9-5-3-6-10-15/h3-12,17-18H,2,13-14H2,1H3,(H,21,22)/t17-,18-/m0/s1. The second-order valence-corrected chi connectivity index (χ2v) is 5.59. The second kappa shape index (κ2) is 8.87. The first-order valence-electron chi connectivity index (χ1n) is 8.12. The Labute approximate surface area is 142 Å². The van der Waals surface area contributed by atoms with E-state index in [0.717, 1.165) is 11.1 Å². The molecule has 1 N–H and O–H groups in total. The fourth-order valence-corrected chi connectivity index (χ4v) is 2.80. The van der Waals surface area contributed by atoms with Crippen molar-refractivity contribution in [1.82, 2.24) is 0 Å².